The van der Waals surface area contributed by atoms with Gasteiger partial charge in [-0.05, 0) is 35.4 Å². The summed E-state index contributed by atoms with van der Waals surface area (Å²) in [7, 11) is 0. The van der Waals surface area contributed by atoms with E-state index in [1.807, 2.05) is 29.2 Å². The van der Waals surface area contributed by atoms with Crippen LogP contribution in [0.3, 0.4) is 0 Å². The zero-order valence-corrected chi connectivity index (χ0v) is 15.2. The van der Waals surface area contributed by atoms with Gasteiger partial charge in [0.25, 0.3) is 5.91 Å². The van der Waals surface area contributed by atoms with Crippen LogP contribution in [0.15, 0.2) is 60.8 Å². The van der Waals surface area contributed by atoms with Gasteiger partial charge in [0.2, 0.25) is 0 Å². The van der Waals surface area contributed by atoms with Gasteiger partial charge >= 0.3 is 0 Å². The van der Waals surface area contributed by atoms with E-state index < -0.39 is 18.1 Å². The largest absolute Gasteiger partial charge is 0.384 e. The lowest BCUT2D eigenvalue weighted by atomic mass is 10.1. The highest BCUT2D eigenvalue weighted by molar-refractivity contribution is 5.81. The van der Waals surface area contributed by atoms with Crippen LogP contribution in [0.1, 0.15) is 16.7 Å². The average molecular weight is 380 g/mol. The Labute approximate surface area is 163 Å². The van der Waals surface area contributed by atoms with Gasteiger partial charge in [-0.2, -0.15) is 0 Å². The standard InChI is InChI=1S/C22H21FN2O3/c1-15(25-13-17-6-2-3-7-18(17)14-25)20(26)21(27)22(28)24-12-4-5-16-8-10-19(23)11-9-16/h2-3,6-11,20-21,26-27H,1,12-14H2,(H,24,28)/t20-,21+/m0/s1. The maximum absolute atomic E-state index is 12.8. The molecule has 2 aromatic carbocycles. The Bertz CT molecular complexity index is 906. The fraction of sp³-hybridized carbons (Fsp3) is 0.227. The van der Waals surface area contributed by atoms with Crippen LogP contribution in [0.5, 0.6) is 0 Å². The molecule has 0 bridgehead atoms. The van der Waals surface area contributed by atoms with E-state index in [2.05, 4.69) is 23.7 Å². The molecule has 1 aliphatic rings. The number of halogens is 1. The monoisotopic (exact) mass is 380 g/mol. The Kier molecular flexibility index (Phi) is 6.09. The molecule has 0 aromatic heterocycles. The molecule has 1 aliphatic heterocycles. The molecule has 0 saturated heterocycles. The first-order chi connectivity index (χ1) is 13.5. The molecule has 1 heterocycles. The Morgan fingerprint density at radius 2 is 1.71 bits per heavy atom. The van der Waals surface area contributed by atoms with Crippen molar-refractivity contribution in [1.29, 1.82) is 0 Å². The maximum Gasteiger partial charge on any atom is 0.252 e. The number of carbonyl (C=O) groups is 1. The van der Waals surface area contributed by atoms with Gasteiger partial charge in [-0.3, -0.25) is 4.79 Å². The molecule has 3 N–H and O–H groups in total. The lowest BCUT2D eigenvalue weighted by Crippen LogP contribution is -2.45. The molecule has 6 heteroatoms. The number of fused-ring (bicyclic) bond motifs is 1. The molecular weight excluding hydrogens is 359 g/mol. The van der Waals surface area contributed by atoms with E-state index in [-0.39, 0.29) is 18.1 Å². The third-order valence-corrected chi connectivity index (χ3v) is 4.58. The third-order valence-electron chi connectivity index (χ3n) is 4.58. The third kappa shape index (κ3) is 4.58. The number of benzene rings is 2. The molecule has 1 amide bonds. The zero-order chi connectivity index (χ0) is 20.1. The van der Waals surface area contributed by atoms with Crippen molar-refractivity contribution in [3.63, 3.8) is 0 Å². The van der Waals surface area contributed by atoms with Crippen molar-refractivity contribution in [2.45, 2.75) is 25.3 Å². The number of hydrogen-bond acceptors (Lipinski definition) is 4. The minimum atomic E-state index is -1.65. The molecule has 2 atom stereocenters. The molecule has 5 nitrogen and oxygen atoms in total. The lowest BCUT2D eigenvalue weighted by Gasteiger charge is -2.27. The van der Waals surface area contributed by atoms with Crippen LogP contribution in [-0.2, 0) is 17.9 Å². The second kappa shape index (κ2) is 8.70. The van der Waals surface area contributed by atoms with E-state index >= 15 is 0 Å². The number of aliphatic hydroxyl groups excluding tert-OH is 2. The van der Waals surface area contributed by atoms with E-state index in [1.165, 1.54) is 24.3 Å². The van der Waals surface area contributed by atoms with Crippen molar-refractivity contribution in [2.24, 2.45) is 0 Å². The zero-order valence-electron chi connectivity index (χ0n) is 15.2. The minimum absolute atomic E-state index is 0.0123. The molecule has 0 aliphatic carbocycles. The molecule has 0 fully saturated rings. The summed E-state index contributed by atoms with van der Waals surface area (Å²) in [5.41, 5.74) is 3.16. The Hall–Kier alpha value is -3.14. The van der Waals surface area contributed by atoms with Gasteiger partial charge in [0.05, 0.1) is 6.54 Å². The van der Waals surface area contributed by atoms with Crippen molar-refractivity contribution >= 4 is 5.91 Å². The second-order valence-corrected chi connectivity index (χ2v) is 6.53. The Morgan fingerprint density at radius 1 is 1.11 bits per heavy atom. The molecule has 0 unspecified atom stereocenters. The first-order valence-corrected chi connectivity index (χ1v) is 8.84. The van der Waals surface area contributed by atoms with E-state index in [0.29, 0.717) is 18.7 Å². The van der Waals surface area contributed by atoms with Gasteiger partial charge in [-0.1, -0.05) is 42.7 Å². The SMILES string of the molecule is C=C([C@H](O)[C@@H](O)C(=O)NCC#Cc1ccc(F)cc1)N1Cc2ccccc2C1. The van der Waals surface area contributed by atoms with Crippen molar-refractivity contribution in [1.82, 2.24) is 10.2 Å². The van der Waals surface area contributed by atoms with Crippen LogP contribution in [-0.4, -0.2) is 39.8 Å². The predicted molar refractivity (Wildman–Crippen MR) is 103 cm³/mol. The van der Waals surface area contributed by atoms with Crippen LogP contribution < -0.4 is 5.32 Å². The van der Waals surface area contributed by atoms with Gasteiger partial charge in [0.15, 0.2) is 6.10 Å². The first kappa shape index (κ1) is 19.6. The topological polar surface area (TPSA) is 72.8 Å². The van der Waals surface area contributed by atoms with Crippen LogP contribution in [0, 0.1) is 17.7 Å². The fourth-order valence-corrected chi connectivity index (χ4v) is 2.96. The van der Waals surface area contributed by atoms with Gasteiger partial charge in [-0.15, -0.1) is 0 Å². The summed E-state index contributed by atoms with van der Waals surface area (Å²) in [6.07, 6.45) is -3.07. The summed E-state index contributed by atoms with van der Waals surface area (Å²) in [6.45, 7) is 4.98. The number of hydrogen-bond donors (Lipinski definition) is 3. The molecule has 28 heavy (non-hydrogen) atoms. The van der Waals surface area contributed by atoms with Crippen molar-refractivity contribution in [3.05, 3.63) is 83.3 Å². The normalized spacial score (nSPS) is 14.5. The van der Waals surface area contributed by atoms with Crippen LogP contribution in [0.2, 0.25) is 0 Å². The summed E-state index contributed by atoms with van der Waals surface area (Å²) < 4.78 is 12.8. The highest BCUT2D eigenvalue weighted by Gasteiger charge is 2.31. The van der Waals surface area contributed by atoms with Crippen LogP contribution in [0.4, 0.5) is 4.39 Å². The van der Waals surface area contributed by atoms with E-state index in [9.17, 15) is 19.4 Å². The first-order valence-electron chi connectivity index (χ1n) is 8.84. The Morgan fingerprint density at radius 3 is 2.32 bits per heavy atom. The lowest BCUT2D eigenvalue weighted by molar-refractivity contribution is -0.134. The van der Waals surface area contributed by atoms with Crippen molar-refractivity contribution < 1.29 is 19.4 Å². The number of nitrogens with one attached hydrogen (secondary N) is 1. The molecule has 0 saturated carbocycles. The van der Waals surface area contributed by atoms with Crippen LogP contribution in [0.25, 0.3) is 0 Å². The van der Waals surface area contributed by atoms with Crippen molar-refractivity contribution in [3.8, 4) is 11.8 Å². The molecule has 144 valence electrons. The molecular formula is C22H21FN2O3. The van der Waals surface area contributed by atoms with E-state index in [4.69, 9.17) is 0 Å². The smallest absolute Gasteiger partial charge is 0.252 e. The van der Waals surface area contributed by atoms with Gasteiger partial charge in [0, 0.05) is 24.4 Å². The summed E-state index contributed by atoms with van der Waals surface area (Å²) in [5, 5.41) is 22.9. The van der Waals surface area contributed by atoms with E-state index in [0.717, 1.165) is 11.1 Å². The molecule has 3 rings (SSSR count). The highest BCUT2D eigenvalue weighted by Crippen LogP contribution is 2.27. The van der Waals surface area contributed by atoms with Gasteiger partial charge < -0.3 is 20.4 Å². The molecule has 0 radical (unpaired) electrons. The predicted octanol–water partition coefficient (Wildman–Crippen LogP) is 1.54. The number of carbonyl (C=O) groups excluding carboxylic acids is 1. The summed E-state index contributed by atoms with van der Waals surface area (Å²) in [6, 6.07) is 13.5. The number of nitrogens with zero attached hydrogens (tertiary/aromatic N) is 1. The quantitative estimate of drug-likeness (QED) is 0.688. The van der Waals surface area contributed by atoms with Gasteiger partial charge in [0.1, 0.15) is 11.9 Å². The number of rotatable bonds is 5. The Balaban J connectivity index is 1.50. The number of amides is 1. The molecule has 2 aromatic rings. The van der Waals surface area contributed by atoms with Gasteiger partial charge in [-0.25, -0.2) is 4.39 Å². The van der Waals surface area contributed by atoms with E-state index in [1.54, 1.807) is 0 Å². The number of aliphatic hydroxyl groups is 2. The fourth-order valence-electron chi connectivity index (χ4n) is 2.96. The maximum atomic E-state index is 12.8. The minimum Gasteiger partial charge on any atom is -0.384 e. The average Bonchev–Trinajstić information content (AvgIpc) is 3.15. The van der Waals surface area contributed by atoms with Crippen molar-refractivity contribution in [2.75, 3.05) is 6.54 Å². The summed E-state index contributed by atoms with van der Waals surface area (Å²) >= 11 is 0. The second-order valence-electron chi connectivity index (χ2n) is 6.53. The molecule has 0 spiro atoms. The summed E-state index contributed by atoms with van der Waals surface area (Å²) in [5.74, 6) is 4.40. The summed E-state index contributed by atoms with van der Waals surface area (Å²) in [4.78, 5) is 13.9. The van der Waals surface area contributed by atoms with Crippen LogP contribution >= 0.6 is 0 Å². The highest BCUT2D eigenvalue weighted by atomic mass is 19.1.